The molecule has 0 saturated heterocycles. The highest BCUT2D eigenvalue weighted by molar-refractivity contribution is 7.10. The van der Waals surface area contributed by atoms with Crippen molar-refractivity contribution in [2.75, 3.05) is 6.61 Å². The maximum absolute atomic E-state index is 11.4. The van der Waals surface area contributed by atoms with Gasteiger partial charge in [-0.2, -0.15) is 0 Å². The molecule has 0 spiro atoms. The summed E-state index contributed by atoms with van der Waals surface area (Å²) < 4.78 is 5.70. The van der Waals surface area contributed by atoms with E-state index in [1.165, 1.54) is 0 Å². The van der Waals surface area contributed by atoms with E-state index in [0.717, 1.165) is 27.6 Å². The molecule has 0 unspecified atom stereocenters. The minimum Gasteiger partial charge on any atom is -0.493 e. The van der Waals surface area contributed by atoms with Crippen LogP contribution in [-0.2, 0) is 5.60 Å². The lowest BCUT2D eigenvalue weighted by Gasteiger charge is -2.38. The van der Waals surface area contributed by atoms with Crippen LogP contribution in [0.5, 0.6) is 5.75 Å². The van der Waals surface area contributed by atoms with Gasteiger partial charge in [0, 0.05) is 28.8 Å². The Morgan fingerprint density at radius 3 is 2.71 bits per heavy atom. The first-order chi connectivity index (χ1) is 11.7. The summed E-state index contributed by atoms with van der Waals surface area (Å²) in [6, 6.07) is 17.9. The molecule has 3 nitrogen and oxygen atoms in total. The van der Waals surface area contributed by atoms with Gasteiger partial charge in [-0.1, -0.05) is 55.5 Å². The second-order valence-electron chi connectivity index (χ2n) is 6.18. The van der Waals surface area contributed by atoms with E-state index in [2.05, 4.69) is 24.4 Å². The second-order valence-corrected chi connectivity index (χ2v) is 7.07. The number of benzene rings is 2. The molecule has 2 aromatic carbocycles. The molecule has 1 aromatic heterocycles. The highest BCUT2D eigenvalue weighted by Crippen LogP contribution is 2.46. The second kappa shape index (κ2) is 6.04. The van der Waals surface area contributed by atoms with E-state index >= 15 is 0 Å². The van der Waals surface area contributed by atoms with Crippen molar-refractivity contribution in [1.29, 1.82) is 0 Å². The number of aromatic nitrogens is 1. The van der Waals surface area contributed by atoms with Crippen molar-refractivity contribution in [3.8, 4) is 17.0 Å². The molecule has 2 heterocycles. The average Bonchev–Trinajstić information content (AvgIpc) is 3.12. The van der Waals surface area contributed by atoms with E-state index in [1.54, 1.807) is 11.3 Å². The maximum atomic E-state index is 11.4. The lowest BCUT2D eigenvalue weighted by atomic mass is 9.78. The number of thiazole rings is 1. The van der Waals surface area contributed by atoms with Crippen molar-refractivity contribution in [2.24, 2.45) is 0 Å². The van der Waals surface area contributed by atoms with Gasteiger partial charge in [-0.15, -0.1) is 11.3 Å². The van der Waals surface area contributed by atoms with Crippen LogP contribution in [0, 0.1) is 0 Å². The molecule has 0 amide bonds. The predicted molar refractivity (Wildman–Crippen MR) is 96.4 cm³/mol. The smallest absolute Gasteiger partial charge is 0.125 e. The van der Waals surface area contributed by atoms with E-state index < -0.39 is 5.60 Å². The van der Waals surface area contributed by atoms with Crippen LogP contribution in [0.15, 0.2) is 60.0 Å². The van der Waals surface area contributed by atoms with Crippen molar-refractivity contribution < 1.29 is 9.84 Å². The summed E-state index contributed by atoms with van der Waals surface area (Å²) in [6.07, 6.45) is 0.575. The van der Waals surface area contributed by atoms with Gasteiger partial charge in [0.25, 0.3) is 0 Å². The quantitative estimate of drug-likeness (QED) is 0.760. The molecule has 122 valence electrons. The van der Waals surface area contributed by atoms with Gasteiger partial charge in [-0.25, -0.2) is 4.98 Å². The minimum absolute atomic E-state index is 0.0926. The SMILES string of the molecule is C[C@@H](c1nc(-c2ccccc2)cs1)[C@@]1(O)CCOc2ccccc21. The number of rotatable bonds is 3. The van der Waals surface area contributed by atoms with Crippen molar-refractivity contribution in [3.63, 3.8) is 0 Å². The van der Waals surface area contributed by atoms with Crippen LogP contribution < -0.4 is 4.74 Å². The van der Waals surface area contributed by atoms with E-state index in [9.17, 15) is 5.11 Å². The molecule has 2 atom stereocenters. The molecule has 0 fully saturated rings. The molecule has 1 aliphatic rings. The maximum Gasteiger partial charge on any atom is 0.125 e. The summed E-state index contributed by atoms with van der Waals surface area (Å²) in [7, 11) is 0. The largest absolute Gasteiger partial charge is 0.493 e. The fourth-order valence-electron chi connectivity index (χ4n) is 3.28. The van der Waals surface area contributed by atoms with Crippen LogP contribution >= 0.6 is 11.3 Å². The first-order valence-corrected chi connectivity index (χ1v) is 9.02. The van der Waals surface area contributed by atoms with Crippen molar-refractivity contribution in [3.05, 3.63) is 70.5 Å². The first-order valence-electron chi connectivity index (χ1n) is 8.14. The van der Waals surface area contributed by atoms with Crippen molar-refractivity contribution >= 4 is 11.3 Å². The topological polar surface area (TPSA) is 42.4 Å². The van der Waals surface area contributed by atoms with Crippen LogP contribution in [0.4, 0.5) is 0 Å². The molecule has 0 radical (unpaired) electrons. The fraction of sp³-hybridized carbons (Fsp3) is 0.250. The Balaban J connectivity index is 1.70. The molecule has 4 heteroatoms. The van der Waals surface area contributed by atoms with Gasteiger partial charge in [0.1, 0.15) is 11.4 Å². The van der Waals surface area contributed by atoms with Crippen LogP contribution in [0.2, 0.25) is 0 Å². The number of fused-ring (bicyclic) bond motifs is 1. The lowest BCUT2D eigenvalue weighted by molar-refractivity contribution is -0.0234. The van der Waals surface area contributed by atoms with E-state index in [-0.39, 0.29) is 5.92 Å². The summed E-state index contributed by atoms with van der Waals surface area (Å²) in [4.78, 5) is 4.79. The molecule has 0 aliphatic carbocycles. The molecular formula is C20H19NO2S. The van der Waals surface area contributed by atoms with Gasteiger partial charge < -0.3 is 9.84 Å². The number of ether oxygens (including phenoxy) is 1. The van der Waals surface area contributed by atoms with Gasteiger partial charge in [0.2, 0.25) is 0 Å². The van der Waals surface area contributed by atoms with Gasteiger partial charge in [-0.05, 0) is 6.07 Å². The first kappa shape index (κ1) is 15.4. The number of aliphatic hydroxyl groups is 1. The molecule has 1 N–H and O–H groups in total. The molecule has 24 heavy (non-hydrogen) atoms. The van der Waals surface area contributed by atoms with Crippen LogP contribution in [-0.4, -0.2) is 16.7 Å². The van der Waals surface area contributed by atoms with Gasteiger partial charge >= 0.3 is 0 Å². The standard InChI is InChI=1S/C20H19NO2S/c1-14(19-21-17(13-24-19)15-7-3-2-4-8-15)20(22)11-12-23-18-10-6-5-9-16(18)20/h2-10,13-14,22H,11-12H2,1H3/t14-,20-/m0/s1. The Kier molecular flexibility index (Phi) is 3.87. The van der Waals surface area contributed by atoms with Gasteiger partial charge in [-0.3, -0.25) is 0 Å². The third kappa shape index (κ3) is 2.52. The van der Waals surface area contributed by atoms with Gasteiger partial charge in [0.15, 0.2) is 0 Å². The number of nitrogens with zero attached hydrogens (tertiary/aromatic N) is 1. The molecule has 3 aromatic rings. The Morgan fingerprint density at radius 1 is 1.12 bits per heavy atom. The number of hydrogen-bond acceptors (Lipinski definition) is 4. The molecule has 1 aliphatic heterocycles. The Hall–Kier alpha value is -2.17. The minimum atomic E-state index is -0.944. The molecule has 4 rings (SSSR count). The zero-order valence-electron chi connectivity index (χ0n) is 13.5. The van der Waals surface area contributed by atoms with Crippen molar-refractivity contribution in [2.45, 2.75) is 24.9 Å². The highest BCUT2D eigenvalue weighted by Gasteiger charge is 2.42. The number of hydrogen-bond donors (Lipinski definition) is 1. The number of para-hydroxylation sites is 1. The molecule has 0 saturated carbocycles. The summed E-state index contributed by atoms with van der Waals surface area (Å²) >= 11 is 1.61. The van der Waals surface area contributed by atoms with Crippen LogP contribution in [0.3, 0.4) is 0 Å². The van der Waals surface area contributed by atoms with E-state index in [4.69, 9.17) is 9.72 Å². The van der Waals surface area contributed by atoms with Crippen LogP contribution in [0.1, 0.15) is 29.8 Å². The lowest BCUT2D eigenvalue weighted by Crippen LogP contribution is -2.37. The molecular weight excluding hydrogens is 318 g/mol. The third-order valence-corrected chi connectivity index (χ3v) is 5.80. The monoisotopic (exact) mass is 337 g/mol. The fourth-order valence-corrected chi connectivity index (χ4v) is 4.25. The molecule has 0 bridgehead atoms. The average molecular weight is 337 g/mol. The summed E-state index contributed by atoms with van der Waals surface area (Å²) in [5.41, 5.74) is 1.99. The van der Waals surface area contributed by atoms with Crippen LogP contribution in [0.25, 0.3) is 11.3 Å². The Morgan fingerprint density at radius 2 is 1.88 bits per heavy atom. The highest BCUT2D eigenvalue weighted by atomic mass is 32.1. The summed E-state index contributed by atoms with van der Waals surface area (Å²) in [6.45, 7) is 2.57. The Labute approximate surface area is 145 Å². The summed E-state index contributed by atoms with van der Waals surface area (Å²) in [5.74, 6) is 0.683. The van der Waals surface area contributed by atoms with E-state index in [1.807, 2.05) is 42.5 Å². The zero-order valence-corrected chi connectivity index (χ0v) is 14.3. The third-order valence-electron chi connectivity index (χ3n) is 4.77. The Bertz CT molecular complexity index is 846. The summed E-state index contributed by atoms with van der Waals surface area (Å²) in [5, 5.41) is 14.4. The normalized spacial score (nSPS) is 20.9. The zero-order chi connectivity index (χ0) is 16.6. The van der Waals surface area contributed by atoms with E-state index in [0.29, 0.717) is 13.0 Å². The van der Waals surface area contributed by atoms with Crippen molar-refractivity contribution in [1.82, 2.24) is 4.98 Å². The van der Waals surface area contributed by atoms with Gasteiger partial charge in [0.05, 0.1) is 17.3 Å². The predicted octanol–water partition coefficient (Wildman–Crippen LogP) is 4.58.